The molecule has 0 amide bonds. The molecule has 0 fully saturated rings. The average Bonchev–Trinajstić information content (AvgIpc) is 2.37. The molecule has 0 saturated carbocycles. The van der Waals surface area contributed by atoms with Gasteiger partial charge in [0.25, 0.3) is 0 Å². The first-order valence-corrected chi connectivity index (χ1v) is 7.33. The summed E-state index contributed by atoms with van der Waals surface area (Å²) in [6.07, 6.45) is 1.59. The molecule has 2 nitrogen and oxygen atoms in total. The summed E-state index contributed by atoms with van der Waals surface area (Å²) < 4.78 is 0. The van der Waals surface area contributed by atoms with Gasteiger partial charge in [-0.05, 0) is 32.7 Å². The third-order valence-corrected chi connectivity index (χ3v) is 3.27. The first-order chi connectivity index (χ1) is 9.00. The van der Waals surface area contributed by atoms with Gasteiger partial charge in [0.15, 0.2) is 5.78 Å². The summed E-state index contributed by atoms with van der Waals surface area (Å²) in [5.41, 5.74) is 0.836. The van der Waals surface area contributed by atoms with E-state index in [1.165, 1.54) is 0 Å². The van der Waals surface area contributed by atoms with Crippen LogP contribution in [0.25, 0.3) is 0 Å². The minimum absolute atomic E-state index is 0.258. The number of carbonyl (C=O) groups excluding carboxylic acids is 1. The van der Waals surface area contributed by atoms with E-state index >= 15 is 0 Å². The van der Waals surface area contributed by atoms with Gasteiger partial charge in [-0.25, -0.2) is 0 Å². The number of hydrogen-bond acceptors (Lipinski definition) is 2. The molecule has 0 aliphatic rings. The predicted octanol–water partition coefficient (Wildman–Crippen LogP) is 4.02. The van der Waals surface area contributed by atoms with Gasteiger partial charge in [-0.3, -0.25) is 4.79 Å². The molecule has 19 heavy (non-hydrogen) atoms. The highest BCUT2D eigenvalue weighted by molar-refractivity contribution is 5.95. The zero-order valence-electron chi connectivity index (χ0n) is 12.7. The number of benzene rings is 1. The molecule has 0 spiro atoms. The lowest BCUT2D eigenvalue weighted by Gasteiger charge is -2.28. The van der Waals surface area contributed by atoms with Crippen molar-refractivity contribution < 1.29 is 4.79 Å². The summed E-state index contributed by atoms with van der Waals surface area (Å²) in [4.78, 5) is 14.5. The average molecular weight is 261 g/mol. The molecule has 0 aliphatic heterocycles. The Balaban J connectivity index is 2.38. The van der Waals surface area contributed by atoms with Crippen LogP contribution >= 0.6 is 0 Å². The van der Waals surface area contributed by atoms with E-state index in [0.29, 0.717) is 18.4 Å². The first kappa shape index (κ1) is 15.9. The number of nitrogens with zero attached hydrogens (tertiary/aromatic N) is 1. The summed E-state index contributed by atoms with van der Waals surface area (Å²) in [6.45, 7) is 11.0. The normalized spacial score (nSPS) is 11.5. The Bertz CT molecular complexity index is 370. The van der Waals surface area contributed by atoms with E-state index in [1.807, 2.05) is 30.3 Å². The van der Waals surface area contributed by atoms with Crippen LogP contribution in [0.15, 0.2) is 30.3 Å². The minimum atomic E-state index is 0.258. The van der Waals surface area contributed by atoms with Crippen LogP contribution in [0.2, 0.25) is 0 Å². The second kappa shape index (κ2) is 8.11. The van der Waals surface area contributed by atoms with Crippen LogP contribution in [0.1, 0.15) is 50.9 Å². The van der Waals surface area contributed by atoms with E-state index in [2.05, 4.69) is 32.6 Å². The fourth-order valence-corrected chi connectivity index (χ4v) is 2.24. The monoisotopic (exact) mass is 261 g/mol. The number of rotatable bonds is 8. The van der Waals surface area contributed by atoms with Crippen LogP contribution < -0.4 is 0 Å². The summed E-state index contributed by atoms with van der Waals surface area (Å²) in [7, 11) is 0. The smallest absolute Gasteiger partial charge is 0.162 e. The van der Waals surface area contributed by atoms with E-state index in [9.17, 15) is 4.79 Å². The second-order valence-electron chi connectivity index (χ2n) is 5.88. The molecular weight excluding hydrogens is 234 g/mol. The van der Waals surface area contributed by atoms with Crippen LogP contribution in [-0.4, -0.2) is 29.8 Å². The van der Waals surface area contributed by atoms with Gasteiger partial charge in [0, 0.05) is 24.6 Å². The van der Waals surface area contributed by atoms with E-state index in [0.717, 1.165) is 25.1 Å². The molecule has 0 atom stereocenters. The topological polar surface area (TPSA) is 20.3 Å². The molecule has 1 aromatic carbocycles. The summed E-state index contributed by atoms with van der Waals surface area (Å²) in [5.74, 6) is 0.932. The molecule has 0 N–H and O–H groups in total. The zero-order chi connectivity index (χ0) is 14.3. The van der Waals surface area contributed by atoms with Crippen LogP contribution in [0, 0.1) is 5.92 Å². The number of Topliss-reactive ketones (excluding diaryl/α,β-unsaturated/α-hetero) is 1. The number of carbonyl (C=O) groups is 1. The lowest BCUT2D eigenvalue weighted by atomic mass is 10.1. The molecule has 0 heterocycles. The number of ketones is 1. The van der Waals surface area contributed by atoms with Crippen molar-refractivity contribution in [3.8, 4) is 0 Å². The largest absolute Gasteiger partial charge is 0.301 e. The molecule has 1 rings (SSSR count). The Hall–Kier alpha value is -1.15. The lowest BCUT2D eigenvalue weighted by Crippen LogP contribution is -2.35. The number of hydrogen-bond donors (Lipinski definition) is 0. The van der Waals surface area contributed by atoms with Crippen molar-refractivity contribution in [3.63, 3.8) is 0 Å². The molecule has 0 aromatic heterocycles. The van der Waals surface area contributed by atoms with Crippen molar-refractivity contribution in [2.75, 3.05) is 13.1 Å². The molecule has 2 heteroatoms. The van der Waals surface area contributed by atoms with Gasteiger partial charge in [0.1, 0.15) is 0 Å². The van der Waals surface area contributed by atoms with Crippen molar-refractivity contribution in [1.82, 2.24) is 4.90 Å². The van der Waals surface area contributed by atoms with Crippen molar-refractivity contribution in [2.45, 2.75) is 46.6 Å². The summed E-state index contributed by atoms with van der Waals surface area (Å²) in [5, 5.41) is 0. The van der Waals surface area contributed by atoms with E-state index in [1.54, 1.807) is 0 Å². The first-order valence-electron chi connectivity index (χ1n) is 7.33. The third-order valence-electron chi connectivity index (χ3n) is 3.27. The van der Waals surface area contributed by atoms with E-state index < -0.39 is 0 Å². The fraction of sp³-hybridized carbons (Fsp3) is 0.588. The van der Waals surface area contributed by atoms with Gasteiger partial charge in [0.05, 0.1) is 0 Å². The van der Waals surface area contributed by atoms with Crippen LogP contribution in [0.5, 0.6) is 0 Å². The molecule has 0 radical (unpaired) electrons. The van der Waals surface area contributed by atoms with Crippen molar-refractivity contribution in [3.05, 3.63) is 35.9 Å². The molecule has 0 bridgehead atoms. The molecule has 1 aromatic rings. The third kappa shape index (κ3) is 6.02. The molecule has 0 saturated heterocycles. The maximum Gasteiger partial charge on any atom is 0.162 e. The van der Waals surface area contributed by atoms with Crippen molar-refractivity contribution in [2.24, 2.45) is 5.92 Å². The van der Waals surface area contributed by atoms with E-state index in [-0.39, 0.29) is 5.78 Å². The molecular formula is C17H27NO. The van der Waals surface area contributed by atoms with Gasteiger partial charge in [-0.2, -0.15) is 0 Å². The lowest BCUT2D eigenvalue weighted by molar-refractivity contribution is 0.0970. The Morgan fingerprint density at radius 1 is 1.11 bits per heavy atom. The predicted molar refractivity (Wildman–Crippen MR) is 81.6 cm³/mol. The summed E-state index contributed by atoms with van der Waals surface area (Å²) >= 11 is 0. The molecule has 0 unspecified atom stereocenters. The maximum absolute atomic E-state index is 12.0. The highest BCUT2D eigenvalue weighted by atomic mass is 16.1. The van der Waals surface area contributed by atoms with Gasteiger partial charge >= 0.3 is 0 Å². The Labute approximate surface area is 117 Å². The van der Waals surface area contributed by atoms with Crippen molar-refractivity contribution in [1.29, 1.82) is 0 Å². The summed E-state index contributed by atoms with van der Waals surface area (Å²) in [6, 6.07) is 10.1. The highest BCUT2D eigenvalue weighted by Gasteiger charge is 2.12. The van der Waals surface area contributed by atoms with E-state index in [4.69, 9.17) is 0 Å². The maximum atomic E-state index is 12.0. The molecule has 106 valence electrons. The van der Waals surface area contributed by atoms with Crippen LogP contribution in [0.4, 0.5) is 0 Å². The van der Waals surface area contributed by atoms with Gasteiger partial charge in [-0.1, -0.05) is 44.2 Å². The minimum Gasteiger partial charge on any atom is -0.301 e. The molecule has 0 aliphatic carbocycles. The van der Waals surface area contributed by atoms with Crippen molar-refractivity contribution >= 4 is 5.78 Å². The Kier molecular flexibility index (Phi) is 6.79. The quantitative estimate of drug-likeness (QED) is 0.659. The highest BCUT2D eigenvalue weighted by Crippen LogP contribution is 2.09. The van der Waals surface area contributed by atoms with Gasteiger partial charge in [-0.15, -0.1) is 0 Å². The Morgan fingerprint density at radius 3 is 2.26 bits per heavy atom. The zero-order valence-corrected chi connectivity index (χ0v) is 12.7. The Morgan fingerprint density at radius 2 is 1.74 bits per heavy atom. The van der Waals surface area contributed by atoms with Gasteiger partial charge in [0.2, 0.25) is 0 Å². The standard InChI is InChI=1S/C17H27NO/c1-14(2)13-18(15(3)4)12-8-11-17(19)16-9-6-5-7-10-16/h5-7,9-10,14-15H,8,11-13H2,1-4H3. The fourth-order valence-electron chi connectivity index (χ4n) is 2.24. The second-order valence-corrected chi connectivity index (χ2v) is 5.88. The van der Waals surface area contributed by atoms with Gasteiger partial charge < -0.3 is 4.90 Å². The van der Waals surface area contributed by atoms with Crippen LogP contribution in [0.3, 0.4) is 0 Å². The SMILES string of the molecule is CC(C)CN(CCCC(=O)c1ccccc1)C(C)C. The van der Waals surface area contributed by atoms with Crippen LogP contribution in [-0.2, 0) is 0 Å².